The van der Waals surface area contributed by atoms with Crippen LogP contribution in [0.25, 0.3) is 0 Å². The Kier molecular flexibility index (Phi) is 9.21. The highest BCUT2D eigenvalue weighted by Gasteiger charge is 2.13. The van der Waals surface area contributed by atoms with Gasteiger partial charge in [-0.15, -0.1) is 11.3 Å². The molecule has 2 N–H and O–H groups in total. The smallest absolute Gasteiger partial charge is 0.253 e. The molecule has 0 radical (unpaired) electrons. The van der Waals surface area contributed by atoms with Crippen molar-refractivity contribution in [3.63, 3.8) is 0 Å². The average Bonchev–Trinajstić information content (AvgIpc) is 3.28. The molecule has 8 heteroatoms. The summed E-state index contributed by atoms with van der Waals surface area (Å²) in [5.41, 5.74) is 1.16. The van der Waals surface area contributed by atoms with Gasteiger partial charge in [0.05, 0.1) is 4.88 Å². The van der Waals surface area contributed by atoms with Crippen molar-refractivity contribution in [2.24, 2.45) is 0 Å². The van der Waals surface area contributed by atoms with Crippen LogP contribution in [0.2, 0.25) is 0 Å². The predicted molar refractivity (Wildman–Crippen MR) is 118 cm³/mol. The van der Waals surface area contributed by atoms with Crippen LogP contribution < -0.4 is 10.6 Å². The lowest BCUT2D eigenvalue weighted by Gasteiger charge is -2.18. The Morgan fingerprint density at radius 2 is 1.60 bits per heavy atom. The highest BCUT2D eigenvalue weighted by Crippen LogP contribution is 2.13. The molecule has 0 aliphatic rings. The summed E-state index contributed by atoms with van der Waals surface area (Å²) in [6.07, 6.45) is 0.363. The zero-order chi connectivity index (χ0) is 21.9. The second kappa shape index (κ2) is 11.9. The molecule has 1 heterocycles. The minimum Gasteiger partial charge on any atom is -0.356 e. The molecule has 0 saturated heterocycles. The third-order valence-electron chi connectivity index (χ3n) is 4.52. The normalized spacial score (nSPS) is 10.3. The van der Waals surface area contributed by atoms with Crippen LogP contribution in [0.3, 0.4) is 0 Å². The standard InChI is InChI=1S/C22H27N3O4S/c1-3-25(4-2)22(29)16-7-9-17(10-8-16)24-21(28)13-14-23-20(27)12-11-18(26)19-6-5-15-30-19/h5-10,15H,3-4,11-14H2,1-2H3,(H,23,27)(H,24,28). The number of thiophene rings is 1. The number of carbonyl (C=O) groups is 4. The molecule has 1 aromatic heterocycles. The molecule has 7 nitrogen and oxygen atoms in total. The van der Waals surface area contributed by atoms with Gasteiger partial charge in [0.15, 0.2) is 5.78 Å². The van der Waals surface area contributed by atoms with E-state index in [0.29, 0.717) is 29.2 Å². The van der Waals surface area contributed by atoms with Crippen LogP contribution in [0.5, 0.6) is 0 Å². The number of rotatable bonds is 11. The summed E-state index contributed by atoms with van der Waals surface area (Å²) >= 11 is 1.36. The minimum absolute atomic E-state index is 0.0434. The van der Waals surface area contributed by atoms with Crippen molar-refractivity contribution in [2.45, 2.75) is 33.1 Å². The van der Waals surface area contributed by atoms with Crippen molar-refractivity contribution in [3.8, 4) is 0 Å². The Hall–Kier alpha value is -3.00. The number of ketones is 1. The number of nitrogens with zero attached hydrogens (tertiary/aromatic N) is 1. The molecule has 30 heavy (non-hydrogen) atoms. The topological polar surface area (TPSA) is 95.6 Å². The van der Waals surface area contributed by atoms with Crippen LogP contribution in [0.15, 0.2) is 41.8 Å². The van der Waals surface area contributed by atoms with Gasteiger partial charge in [-0.25, -0.2) is 0 Å². The first-order chi connectivity index (χ1) is 14.4. The summed E-state index contributed by atoms with van der Waals surface area (Å²) in [6.45, 7) is 5.33. The molecule has 3 amide bonds. The summed E-state index contributed by atoms with van der Waals surface area (Å²) < 4.78 is 0. The molecule has 160 valence electrons. The highest BCUT2D eigenvalue weighted by atomic mass is 32.1. The first kappa shape index (κ1) is 23.3. The average molecular weight is 430 g/mol. The fourth-order valence-electron chi connectivity index (χ4n) is 2.80. The number of anilines is 1. The van der Waals surface area contributed by atoms with Crippen molar-refractivity contribution >= 4 is 40.5 Å². The van der Waals surface area contributed by atoms with E-state index >= 15 is 0 Å². The number of benzene rings is 1. The van der Waals surface area contributed by atoms with E-state index in [4.69, 9.17) is 0 Å². The molecule has 2 rings (SSSR count). The Bertz CT molecular complexity index is 859. The lowest BCUT2D eigenvalue weighted by atomic mass is 10.1. The van der Waals surface area contributed by atoms with E-state index in [-0.39, 0.29) is 49.3 Å². The summed E-state index contributed by atoms with van der Waals surface area (Å²) in [6, 6.07) is 10.3. The van der Waals surface area contributed by atoms with E-state index in [2.05, 4.69) is 10.6 Å². The zero-order valence-corrected chi connectivity index (χ0v) is 18.1. The zero-order valence-electron chi connectivity index (χ0n) is 17.3. The Morgan fingerprint density at radius 1 is 0.900 bits per heavy atom. The van der Waals surface area contributed by atoms with Gasteiger partial charge < -0.3 is 15.5 Å². The van der Waals surface area contributed by atoms with Crippen LogP contribution in [-0.2, 0) is 9.59 Å². The lowest BCUT2D eigenvalue weighted by Crippen LogP contribution is -2.30. The summed E-state index contributed by atoms with van der Waals surface area (Å²) in [5.74, 6) is -0.598. The van der Waals surface area contributed by atoms with Gasteiger partial charge in [-0.1, -0.05) is 6.07 Å². The van der Waals surface area contributed by atoms with Crippen LogP contribution in [0, 0.1) is 0 Å². The summed E-state index contributed by atoms with van der Waals surface area (Å²) in [5, 5.41) is 7.21. The molecule has 0 atom stereocenters. The number of amides is 3. The van der Waals surface area contributed by atoms with E-state index in [9.17, 15) is 19.2 Å². The quantitative estimate of drug-likeness (QED) is 0.536. The van der Waals surface area contributed by atoms with Crippen LogP contribution in [-0.4, -0.2) is 48.0 Å². The van der Waals surface area contributed by atoms with Gasteiger partial charge >= 0.3 is 0 Å². The second-order valence-corrected chi connectivity index (χ2v) is 7.55. The van der Waals surface area contributed by atoms with Gasteiger partial charge in [-0.3, -0.25) is 19.2 Å². The first-order valence-electron chi connectivity index (χ1n) is 9.97. The van der Waals surface area contributed by atoms with Crippen molar-refractivity contribution in [1.82, 2.24) is 10.2 Å². The molecule has 0 fully saturated rings. The molecule has 1 aromatic carbocycles. The molecule has 0 spiro atoms. The van der Waals surface area contributed by atoms with E-state index in [1.165, 1.54) is 11.3 Å². The maximum absolute atomic E-state index is 12.3. The van der Waals surface area contributed by atoms with E-state index in [0.717, 1.165) is 0 Å². The molecule has 0 aliphatic heterocycles. The number of Topliss-reactive ketones (excluding diaryl/α,β-unsaturated/α-hetero) is 1. The first-order valence-corrected chi connectivity index (χ1v) is 10.8. The van der Waals surface area contributed by atoms with E-state index in [1.54, 1.807) is 41.3 Å². The van der Waals surface area contributed by atoms with Crippen LogP contribution in [0.4, 0.5) is 5.69 Å². The van der Waals surface area contributed by atoms with Crippen LogP contribution in [0.1, 0.15) is 53.1 Å². The fourth-order valence-corrected chi connectivity index (χ4v) is 3.50. The lowest BCUT2D eigenvalue weighted by molar-refractivity contribution is -0.121. The number of hydrogen-bond donors (Lipinski definition) is 2. The number of nitrogens with one attached hydrogen (secondary N) is 2. The van der Waals surface area contributed by atoms with Crippen molar-refractivity contribution in [1.29, 1.82) is 0 Å². The van der Waals surface area contributed by atoms with Gasteiger partial charge in [0, 0.05) is 50.1 Å². The number of carbonyl (C=O) groups excluding carboxylic acids is 4. The van der Waals surface area contributed by atoms with Crippen molar-refractivity contribution < 1.29 is 19.2 Å². The third-order valence-corrected chi connectivity index (χ3v) is 5.43. The third kappa shape index (κ3) is 7.11. The highest BCUT2D eigenvalue weighted by molar-refractivity contribution is 7.12. The number of hydrogen-bond acceptors (Lipinski definition) is 5. The second-order valence-electron chi connectivity index (χ2n) is 6.60. The summed E-state index contributed by atoms with van der Waals surface area (Å²) in [4.78, 5) is 50.4. The van der Waals surface area contributed by atoms with Gasteiger partial charge in [0.2, 0.25) is 11.8 Å². The summed E-state index contributed by atoms with van der Waals surface area (Å²) in [7, 11) is 0. The van der Waals surface area contributed by atoms with E-state index in [1.807, 2.05) is 19.2 Å². The maximum atomic E-state index is 12.3. The van der Waals surface area contributed by atoms with Gasteiger partial charge in [0.1, 0.15) is 0 Å². The Morgan fingerprint density at radius 3 is 2.20 bits per heavy atom. The molecular weight excluding hydrogens is 402 g/mol. The van der Waals surface area contributed by atoms with Crippen LogP contribution >= 0.6 is 11.3 Å². The van der Waals surface area contributed by atoms with Gasteiger partial charge in [0.25, 0.3) is 5.91 Å². The fraction of sp³-hybridized carbons (Fsp3) is 0.364. The SMILES string of the molecule is CCN(CC)C(=O)c1ccc(NC(=O)CCNC(=O)CCC(=O)c2cccs2)cc1. The predicted octanol–water partition coefficient (Wildman–Crippen LogP) is 3.34. The van der Waals surface area contributed by atoms with E-state index < -0.39 is 0 Å². The van der Waals surface area contributed by atoms with Crippen molar-refractivity contribution in [2.75, 3.05) is 25.0 Å². The Labute approximate surface area is 180 Å². The largest absolute Gasteiger partial charge is 0.356 e. The minimum atomic E-state index is -0.257. The molecule has 2 aromatic rings. The molecular formula is C22H27N3O4S. The van der Waals surface area contributed by atoms with Crippen molar-refractivity contribution in [3.05, 3.63) is 52.2 Å². The Balaban J connectivity index is 1.69. The maximum Gasteiger partial charge on any atom is 0.253 e. The molecule has 0 saturated carbocycles. The molecule has 0 bridgehead atoms. The van der Waals surface area contributed by atoms with Gasteiger partial charge in [-0.05, 0) is 49.6 Å². The van der Waals surface area contributed by atoms with Gasteiger partial charge in [-0.2, -0.15) is 0 Å². The molecule has 0 unspecified atom stereocenters. The monoisotopic (exact) mass is 429 g/mol. The molecule has 0 aliphatic carbocycles.